The Morgan fingerprint density at radius 3 is 0.943 bits per heavy atom. The molecular weight excluding hydrogens is 1460 g/mol. The van der Waals surface area contributed by atoms with Gasteiger partial charge in [-0.25, -0.2) is 0 Å². The van der Waals surface area contributed by atoms with E-state index in [1.807, 2.05) is 0 Å². The summed E-state index contributed by atoms with van der Waals surface area (Å²) in [4.78, 5) is 25.0. The van der Waals surface area contributed by atoms with E-state index in [1.54, 1.807) is 0 Å². The Morgan fingerprint density at radius 1 is 0.245 bits per heavy atom. The number of aliphatic hydroxyl groups excluding tert-OH is 27. The van der Waals surface area contributed by atoms with Crippen molar-refractivity contribution in [2.45, 2.75) is 290 Å². The molecule has 0 spiro atoms. The van der Waals surface area contributed by atoms with Crippen molar-refractivity contribution < 1.29 is 228 Å². The van der Waals surface area contributed by atoms with E-state index in [0.29, 0.717) is 0 Å². The fourth-order valence-corrected chi connectivity index (χ4v) is 13.5. The predicted molar refractivity (Wildman–Crippen MR) is 320 cm³/mol. The number of amides is 2. The second kappa shape index (κ2) is 37.9. The van der Waals surface area contributed by atoms with Crippen molar-refractivity contribution >= 4 is 11.8 Å². The standard InChI is InChI=1S/C58H98N2O46/c1-12(68)59-23-32(77)44(19(8-66)92-50(23)89)101-51-24(60-13(2)69)33(78)45(20(9-67)98-51)102-56-43(88)47(31(76)22(100-56)11-91-53-40(85)36(81)29(74)21(99-53)10-90-52-39(84)34(79)25(70)14(3-61)93-52)104-57-49(38(83)28(73)16(5-63)96-57)106-58-48(37(82)27(72)17(6-64)97-58)105-55-42(87)46(30(75)18(7-65)95-55)103-54-41(86)35(80)26(71)15(4-62)94-54/h14-58,61-67,70-89H,3-11H2,1-2H3,(H,59,68)(H,60,69)/t14-,15-,16-,17-,18-,19-,20-,21-,22-,23-,24-,25-,26-,27-,28-,29-,30-,31-,32-,33-,34+,35+,36+,37+,38+,39+,40+,41-,42+,43+,44-,45-,46+,47+,48+,49+,50-,51+,52+,53+,54-,55-,56+,57-,58-/m1/s1. The van der Waals surface area contributed by atoms with Gasteiger partial charge >= 0.3 is 0 Å². The molecule has 9 rings (SSSR count). The maximum absolute atomic E-state index is 12.9. The highest BCUT2D eigenvalue weighted by atomic mass is 16.8. The summed E-state index contributed by atoms with van der Waals surface area (Å²) in [5.41, 5.74) is 0. The van der Waals surface area contributed by atoms with Gasteiger partial charge in [-0.3, -0.25) is 9.59 Å². The van der Waals surface area contributed by atoms with Crippen LogP contribution in [0.1, 0.15) is 13.8 Å². The molecule has 9 saturated heterocycles. The number of carbonyl (C=O) groups is 2. The molecule has 0 unspecified atom stereocenters. The van der Waals surface area contributed by atoms with Crippen LogP contribution in [0, 0.1) is 0 Å². The number of rotatable bonds is 27. The summed E-state index contributed by atoms with van der Waals surface area (Å²) in [6.07, 6.45) is -90.2. The number of ether oxygens (including phenoxy) is 17. The van der Waals surface area contributed by atoms with Gasteiger partial charge in [-0.1, -0.05) is 0 Å². The predicted octanol–water partition coefficient (Wildman–Crippen LogP) is -20.3. The van der Waals surface area contributed by atoms with Crippen LogP contribution in [-0.4, -0.2) is 485 Å². The fraction of sp³-hybridized carbons (Fsp3) is 0.966. The smallest absolute Gasteiger partial charge is 0.217 e. The van der Waals surface area contributed by atoms with Crippen molar-refractivity contribution in [2.24, 2.45) is 0 Å². The van der Waals surface area contributed by atoms with Crippen LogP contribution >= 0.6 is 0 Å². The first kappa shape index (κ1) is 87.2. The van der Waals surface area contributed by atoms with Gasteiger partial charge in [0.05, 0.1) is 59.5 Å². The van der Waals surface area contributed by atoms with Gasteiger partial charge in [0.25, 0.3) is 0 Å². The molecule has 9 aliphatic heterocycles. The quantitative estimate of drug-likeness (QED) is 0.0363. The second-order valence-corrected chi connectivity index (χ2v) is 26.7. The van der Waals surface area contributed by atoms with Gasteiger partial charge in [0.2, 0.25) is 11.8 Å². The van der Waals surface area contributed by atoms with Gasteiger partial charge in [-0.2, -0.15) is 0 Å². The minimum Gasteiger partial charge on any atom is -0.394 e. The number of aliphatic hydroxyl groups is 27. The van der Waals surface area contributed by atoms with Gasteiger partial charge in [0, 0.05) is 13.8 Å². The average molecular weight is 1560 g/mol. The van der Waals surface area contributed by atoms with Gasteiger partial charge in [0.15, 0.2) is 56.6 Å². The molecule has 0 saturated carbocycles. The first-order valence-electron chi connectivity index (χ1n) is 33.7. The SMILES string of the molecule is CC(=O)N[C@@H]1[C@@H](O)[C@H](O[C@@H]2O[C@H](CO)[C@@H](O[C@@H]3O[C@H](CO[C@H]4O[C@H](CO[C@H]5O[C@H](CO)[C@@H](O)[C@H](O)[C@@H]5O)[C@@H](O)[C@H](O)[C@@H]4O)[C@@H](O)[C@H](O[C@H]4O[C@H](CO)[C@@H](O)[C@H](O)[C@@H]4O[C@H]4O[C@H](CO)[C@@H](O)[C@H](O)[C@@H]4O[C@H]4O[C@H](CO)[C@@H](O)[C@H](O[C@H]5O[C@H](CO)[C@@H](O)[C@H](O)[C@H]5O)[C@@H]4O)[C@@H]3O)[C@H](O)[C@H]2NC(C)=O)[C@@H](CO)O[C@H]1O. The van der Waals surface area contributed by atoms with Crippen LogP contribution in [0.3, 0.4) is 0 Å². The third kappa shape index (κ3) is 18.7. The van der Waals surface area contributed by atoms with Crippen molar-refractivity contribution in [3.63, 3.8) is 0 Å². The molecule has 48 nitrogen and oxygen atoms in total. The van der Waals surface area contributed by atoms with Crippen molar-refractivity contribution in [1.82, 2.24) is 10.6 Å². The molecule has 9 fully saturated rings. The number of hydrogen-bond donors (Lipinski definition) is 29. The maximum Gasteiger partial charge on any atom is 0.217 e. The molecule has 48 heteroatoms. The van der Waals surface area contributed by atoms with E-state index in [2.05, 4.69) is 10.6 Å². The number of carbonyl (C=O) groups excluding carboxylic acids is 2. The van der Waals surface area contributed by atoms with Gasteiger partial charge in [0.1, 0.15) is 220 Å². The zero-order chi connectivity index (χ0) is 77.9. The van der Waals surface area contributed by atoms with Gasteiger partial charge < -0.3 is 229 Å². The van der Waals surface area contributed by atoms with Crippen LogP contribution < -0.4 is 10.6 Å². The lowest BCUT2D eigenvalue weighted by molar-refractivity contribution is -0.410. The summed E-state index contributed by atoms with van der Waals surface area (Å²) in [6.45, 7) is -7.56. The highest BCUT2D eigenvalue weighted by Gasteiger charge is 2.61. The highest BCUT2D eigenvalue weighted by Crippen LogP contribution is 2.40. The van der Waals surface area contributed by atoms with Gasteiger partial charge in [-0.15, -0.1) is 0 Å². The van der Waals surface area contributed by atoms with E-state index >= 15 is 0 Å². The van der Waals surface area contributed by atoms with Crippen molar-refractivity contribution in [1.29, 1.82) is 0 Å². The maximum atomic E-state index is 12.9. The van der Waals surface area contributed by atoms with E-state index in [9.17, 15) is 147 Å². The Kier molecular flexibility index (Phi) is 31.1. The molecule has 0 radical (unpaired) electrons. The summed E-state index contributed by atoms with van der Waals surface area (Å²) < 4.78 is 98.4. The molecule has 45 atom stereocenters. The molecule has 0 aromatic heterocycles. The third-order valence-electron chi connectivity index (χ3n) is 19.5. The molecule has 29 N–H and O–H groups in total. The van der Waals surface area contributed by atoms with Crippen LogP contribution in [0.4, 0.5) is 0 Å². The van der Waals surface area contributed by atoms with Gasteiger partial charge in [-0.05, 0) is 0 Å². The van der Waals surface area contributed by atoms with E-state index in [1.165, 1.54) is 0 Å². The third-order valence-corrected chi connectivity index (χ3v) is 19.5. The Bertz CT molecular complexity index is 2710. The lowest BCUT2D eigenvalue weighted by Crippen LogP contribution is -2.70. The van der Waals surface area contributed by atoms with E-state index in [0.717, 1.165) is 13.8 Å². The molecule has 616 valence electrons. The molecule has 106 heavy (non-hydrogen) atoms. The lowest BCUT2D eigenvalue weighted by Gasteiger charge is -2.51. The molecule has 2 amide bonds. The average Bonchev–Trinajstić information content (AvgIpc) is 0.772. The van der Waals surface area contributed by atoms with E-state index in [4.69, 9.17) is 80.5 Å². The Labute approximate surface area is 598 Å². The van der Waals surface area contributed by atoms with Crippen LogP contribution in [0.25, 0.3) is 0 Å². The van der Waals surface area contributed by atoms with Crippen LogP contribution in [0.15, 0.2) is 0 Å². The van der Waals surface area contributed by atoms with E-state index < -0.39 is 348 Å². The van der Waals surface area contributed by atoms with Crippen LogP contribution in [0.2, 0.25) is 0 Å². The number of hydrogen-bond acceptors (Lipinski definition) is 46. The highest BCUT2D eigenvalue weighted by molar-refractivity contribution is 5.73. The summed E-state index contributed by atoms with van der Waals surface area (Å²) in [6, 6.07) is -3.54. The molecule has 9 aliphatic rings. The van der Waals surface area contributed by atoms with Crippen LogP contribution in [0.5, 0.6) is 0 Å². The largest absolute Gasteiger partial charge is 0.394 e. The molecule has 0 aliphatic carbocycles. The molecule has 0 aromatic carbocycles. The number of nitrogens with one attached hydrogen (secondary N) is 2. The molecule has 9 heterocycles. The Morgan fingerprint density at radius 2 is 0.509 bits per heavy atom. The molecule has 0 bridgehead atoms. The van der Waals surface area contributed by atoms with Crippen molar-refractivity contribution in [3.05, 3.63) is 0 Å². The second-order valence-electron chi connectivity index (χ2n) is 26.7. The summed E-state index contributed by atoms with van der Waals surface area (Å²) in [5.74, 6) is -1.71. The first-order chi connectivity index (χ1) is 50.2. The monoisotopic (exact) mass is 1560 g/mol. The molecule has 0 aromatic rings. The fourth-order valence-electron chi connectivity index (χ4n) is 13.5. The minimum absolute atomic E-state index is 0.780. The van der Waals surface area contributed by atoms with Crippen molar-refractivity contribution in [3.8, 4) is 0 Å². The van der Waals surface area contributed by atoms with Crippen molar-refractivity contribution in [2.75, 3.05) is 59.5 Å². The van der Waals surface area contributed by atoms with E-state index in [-0.39, 0.29) is 0 Å². The zero-order valence-corrected chi connectivity index (χ0v) is 56.2. The van der Waals surface area contributed by atoms with Crippen LogP contribution in [-0.2, 0) is 90.1 Å². The zero-order valence-electron chi connectivity index (χ0n) is 56.2. The first-order valence-corrected chi connectivity index (χ1v) is 33.7. The summed E-state index contributed by atoms with van der Waals surface area (Å²) in [5, 5.41) is 301. The normalized spacial score (nSPS) is 51.2. The Hall–Kier alpha value is -2.82. The Balaban J connectivity index is 1.02. The summed E-state index contributed by atoms with van der Waals surface area (Å²) >= 11 is 0. The lowest BCUT2D eigenvalue weighted by atomic mass is 9.94. The minimum atomic E-state index is -2.56. The summed E-state index contributed by atoms with van der Waals surface area (Å²) in [7, 11) is 0. The molecular formula is C58H98N2O46. The topological polar surface area (TPSA) is 761 Å².